The second-order valence-corrected chi connectivity index (χ2v) is 4.29. The van der Waals surface area contributed by atoms with Gasteiger partial charge in [-0.15, -0.1) is 11.3 Å². The predicted octanol–water partition coefficient (Wildman–Crippen LogP) is 1.07. The van der Waals surface area contributed by atoms with Crippen molar-refractivity contribution in [2.75, 3.05) is 0 Å². The van der Waals surface area contributed by atoms with Crippen LogP contribution in [0.25, 0.3) is 0 Å². The molecule has 0 fully saturated rings. The summed E-state index contributed by atoms with van der Waals surface area (Å²) in [6.07, 6.45) is 0.777. The Hall–Kier alpha value is -1.14. The number of amidine groups is 1. The zero-order valence-corrected chi connectivity index (χ0v) is 9.71. The van der Waals surface area contributed by atoms with Crippen molar-refractivity contribution in [1.29, 1.82) is 0 Å². The Bertz CT molecular complexity index is 337. The van der Waals surface area contributed by atoms with Crippen LogP contribution in [0.2, 0.25) is 0 Å². The lowest BCUT2D eigenvalue weighted by molar-refractivity contribution is 0.314. The van der Waals surface area contributed by atoms with E-state index >= 15 is 0 Å². The van der Waals surface area contributed by atoms with E-state index in [1.807, 2.05) is 19.2 Å². The molecule has 1 atom stereocenters. The van der Waals surface area contributed by atoms with Crippen LogP contribution in [0.4, 0.5) is 0 Å². The van der Waals surface area contributed by atoms with Crippen LogP contribution in [0.5, 0.6) is 0 Å². The standard InChI is InChI=1S/C9H16N4OS/c1-3-8(9(10)13-14)11-4-7-5-15-6(2)12-7/h5,8,11,14H,3-4H2,1-2H3,(H2,10,13). The van der Waals surface area contributed by atoms with Gasteiger partial charge in [-0.05, 0) is 13.3 Å². The molecule has 0 amide bonds. The quantitative estimate of drug-likeness (QED) is 0.304. The molecule has 0 saturated heterocycles. The summed E-state index contributed by atoms with van der Waals surface area (Å²) in [4.78, 5) is 4.31. The molecule has 0 aliphatic rings. The van der Waals surface area contributed by atoms with Crippen LogP contribution >= 0.6 is 11.3 Å². The molecule has 0 saturated carbocycles. The highest BCUT2D eigenvalue weighted by atomic mass is 32.1. The monoisotopic (exact) mass is 228 g/mol. The third-order valence-corrected chi connectivity index (χ3v) is 2.90. The SMILES string of the molecule is CCC(NCc1csc(C)n1)C(N)=NO. The topological polar surface area (TPSA) is 83.5 Å². The molecule has 0 aliphatic heterocycles. The molecule has 4 N–H and O–H groups in total. The van der Waals surface area contributed by atoms with E-state index in [4.69, 9.17) is 10.9 Å². The summed E-state index contributed by atoms with van der Waals surface area (Å²) >= 11 is 1.62. The van der Waals surface area contributed by atoms with E-state index in [1.165, 1.54) is 0 Å². The van der Waals surface area contributed by atoms with Gasteiger partial charge in [0.1, 0.15) is 0 Å². The van der Waals surface area contributed by atoms with E-state index in [9.17, 15) is 0 Å². The van der Waals surface area contributed by atoms with Gasteiger partial charge in [-0.2, -0.15) is 0 Å². The van der Waals surface area contributed by atoms with Crippen LogP contribution in [-0.2, 0) is 6.54 Å². The van der Waals surface area contributed by atoms with Crippen molar-refractivity contribution in [2.24, 2.45) is 10.9 Å². The highest BCUT2D eigenvalue weighted by molar-refractivity contribution is 7.09. The van der Waals surface area contributed by atoms with Crippen LogP contribution in [0.15, 0.2) is 10.5 Å². The molecule has 84 valence electrons. The fourth-order valence-electron chi connectivity index (χ4n) is 1.24. The molecule has 15 heavy (non-hydrogen) atoms. The van der Waals surface area contributed by atoms with Gasteiger partial charge in [0.05, 0.1) is 16.7 Å². The zero-order chi connectivity index (χ0) is 11.3. The first-order valence-corrected chi connectivity index (χ1v) is 5.67. The minimum atomic E-state index is -0.1000. The molecule has 5 nitrogen and oxygen atoms in total. The number of hydrogen-bond acceptors (Lipinski definition) is 5. The number of thiazole rings is 1. The number of nitrogens with two attached hydrogens (primary N) is 1. The Morgan fingerprint density at radius 2 is 2.53 bits per heavy atom. The molecule has 0 aromatic carbocycles. The molecule has 0 bridgehead atoms. The summed E-state index contributed by atoms with van der Waals surface area (Å²) in [6.45, 7) is 4.58. The molecule has 1 aromatic rings. The van der Waals surface area contributed by atoms with E-state index in [2.05, 4.69) is 15.5 Å². The minimum absolute atomic E-state index is 0.1000. The van der Waals surface area contributed by atoms with Gasteiger partial charge in [-0.25, -0.2) is 4.98 Å². The van der Waals surface area contributed by atoms with Crippen molar-refractivity contribution in [3.8, 4) is 0 Å². The number of oxime groups is 1. The first-order valence-electron chi connectivity index (χ1n) is 4.79. The van der Waals surface area contributed by atoms with Gasteiger partial charge in [0, 0.05) is 11.9 Å². The van der Waals surface area contributed by atoms with Gasteiger partial charge >= 0.3 is 0 Å². The van der Waals surface area contributed by atoms with Crippen molar-refractivity contribution >= 4 is 17.2 Å². The third kappa shape index (κ3) is 3.49. The molecule has 0 spiro atoms. The first-order chi connectivity index (χ1) is 7.17. The molecule has 0 aliphatic carbocycles. The van der Waals surface area contributed by atoms with Gasteiger partial charge < -0.3 is 16.3 Å². The second-order valence-electron chi connectivity index (χ2n) is 3.22. The normalized spacial score (nSPS) is 14.1. The van der Waals surface area contributed by atoms with Crippen molar-refractivity contribution in [2.45, 2.75) is 32.9 Å². The van der Waals surface area contributed by atoms with E-state index < -0.39 is 0 Å². The fraction of sp³-hybridized carbons (Fsp3) is 0.556. The summed E-state index contributed by atoms with van der Waals surface area (Å²) in [5.41, 5.74) is 6.50. The van der Waals surface area contributed by atoms with Gasteiger partial charge in [0.15, 0.2) is 5.84 Å². The molecule has 1 rings (SSSR count). The Kier molecular flexibility index (Phi) is 4.51. The summed E-state index contributed by atoms with van der Waals surface area (Å²) < 4.78 is 0. The Morgan fingerprint density at radius 3 is 3.00 bits per heavy atom. The average Bonchev–Trinajstić information content (AvgIpc) is 2.64. The van der Waals surface area contributed by atoms with Crippen molar-refractivity contribution in [3.63, 3.8) is 0 Å². The highest BCUT2D eigenvalue weighted by Gasteiger charge is 2.11. The van der Waals surface area contributed by atoms with E-state index in [0.717, 1.165) is 17.1 Å². The largest absolute Gasteiger partial charge is 0.409 e. The maximum absolute atomic E-state index is 8.55. The van der Waals surface area contributed by atoms with Crippen molar-refractivity contribution < 1.29 is 5.21 Å². The lowest BCUT2D eigenvalue weighted by atomic mass is 10.2. The third-order valence-electron chi connectivity index (χ3n) is 2.08. The number of nitrogens with zero attached hydrogens (tertiary/aromatic N) is 2. The fourth-order valence-corrected chi connectivity index (χ4v) is 1.86. The van der Waals surface area contributed by atoms with Crippen molar-refractivity contribution in [1.82, 2.24) is 10.3 Å². The Morgan fingerprint density at radius 1 is 1.80 bits per heavy atom. The van der Waals surface area contributed by atoms with Gasteiger partial charge in [0.25, 0.3) is 0 Å². The number of aryl methyl sites for hydroxylation is 1. The van der Waals surface area contributed by atoms with Gasteiger partial charge in [0.2, 0.25) is 0 Å². The summed E-state index contributed by atoms with van der Waals surface area (Å²) in [7, 11) is 0. The maximum Gasteiger partial charge on any atom is 0.156 e. The molecular weight excluding hydrogens is 212 g/mol. The van der Waals surface area contributed by atoms with Gasteiger partial charge in [-0.1, -0.05) is 12.1 Å². The van der Waals surface area contributed by atoms with E-state index in [1.54, 1.807) is 11.3 Å². The average molecular weight is 228 g/mol. The number of aromatic nitrogens is 1. The lowest BCUT2D eigenvalue weighted by Crippen LogP contribution is -2.40. The van der Waals surface area contributed by atoms with Crippen LogP contribution < -0.4 is 11.1 Å². The predicted molar refractivity (Wildman–Crippen MR) is 61.2 cm³/mol. The molecule has 1 unspecified atom stereocenters. The van der Waals surface area contributed by atoms with Crippen molar-refractivity contribution in [3.05, 3.63) is 16.1 Å². The zero-order valence-electron chi connectivity index (χ0n) is 8.90. The molecule has 1 heterocycles. The lowest BCUT2D eigenvalue weighted by Gasteiger charge is -2.13. The Balaban J connectivity index is 2.48. The number of nitrogens with one attached hydrogen (secondary N) is 1. The molecule has 6 heteroatoms. The van der Waals surface area contributed by atoms with Gasteiger partial charge in [-0.3, -0.25) is 0 Å². The summed E-state index contributed by atoms with van der Waals surface area (Å²) in [5.74, 6) is 0.212. The van der Waals surface area contributed by atoms with Crippen LogP contribution in [0.1, 0.15) is 24.0 Å². The summed E-state index contributed by atoms with van der Waals surface area (Å²) in [6, 6.07) is -0.1000. The van der Waals surface area contributed by atoms with E-state index in [0.29, 0.717) is 6.54 Å². The highest BCUT2D eigenvalue weighted by Crippen LogP contribution is 2.07. The number of rotatable bonds is 5. The van der Waals surface area contributed by atoms with Crippen LogP contribution in [0, 0.1) is 6.92 Å². The summed E-state index contributed by atoms with van der Waals surface area (Å²) in [5, 5.41) is 17.8. The van der Waals surface area contributed by atoms with Crippen LogP contribution in [0.3, 0.4) is 0 Å². The molecule has 1 aromatic heterocycles. The number of hydrogen-bond donors (Lipinski definition) is 3. The smallest absolute Gasteiger partial charge is 0.156 e. The van der Waals surface area contributed by atoms with Crippen LogP contribution in [-0.4, -0.2) is 22.1 Å². The minimum Gasteiger partial charge on any atom is -0.409 e. The Labute approximate surface area is 93.0 Å². The molecular formula is C9H16N4OS. The second kappa shape index (κ2) is 5.67. The molecule has 0 radical (unpaired) electrons. The maximum atomic E-state index is 8.55. The first kappa shape index (κ1) is 11.9. The van der Waals surface area contributed by atoms with E-state index in [-0.39, 0.29) is 11.9 Å².